The van der Waals surface area contributed by atoms with Crippen molar-refractivity contribution < 1.29 is 31.1 Å². The van der Waals surface area contributed by atoms with Crippen molar-refractivity contribution in [1.82, 2.24) is 9.88 Å². The second kappa shape index (κ2) is 7.44. The Balaban J connectivity index is 1.72. The van der Waals surface area contributed by atoms with Crippen LogP contribution in [0.4, 0.5) is 26.3 Å². The van der Waals surface area contributed by atoms with Gasteiger partial charge in [-0.15, -0.1) is 0 Å². The molecule has 2 heterocycles. The van der Waals surface area contributed by atoms with E-state index in [0.717, 1.165) is 18.3 Å². The maximum Gasteiger partial charge on any atom is 0.416 e. The lowest BCUT2D eigenvalue weighted by Crippen LogP contribution is -2.38. The molecule has 9 heteroatoms. The summed E-state index contributed by atoms with van der Waals surface area (Å²) in [6.45, 7) is 0.293. The molecule has 2 aromatic rings. The standard InChI is InChI=1S/C19H16F6N2O/c20-18(21,22)13-5-8-26-16(11-13)17(28)27-9-6-12(7-10-27)14-3-1-2-4-15(14)19(23,24)25/h1-5,8,11-12H,6-7,9-10H2. The average Bonchev–Trinajstić information content (AvgIpc) is 2.66. The van der Waals surface area contributed by atoms with Gasteiger partial charge >= 0.3 is 12.4 Å². The number of alkyl halides is 6. The van der Waals surface area contributed by atoms with Gasteiger partial charge in [0.15, 0.2) is 0 Å². The van der Waals surface area contributed by atoms with Crippen LogP contribution in [0, 0.1) is 0 Å². The topological polar surface area (TPSA) is 33.2 Å². The third kappa shape index (κ3) is 4.28. The Kier molecular flexibility index (Phi) is 5.36. The van der Waals surface area contributed by atoms with Gasteiger partial charge in [0.2, 0.25) is 0 Å². The van der Waals surface area contributed by atoms with Gasteiger partial charge < -0.3 is 4.90 Å². The summed E-state index contributed by atoms with van der Waals surface area (Å²) >= 11 is 0. The van der Waals surface area contributed by atoms with Gasteiger partial charge in [0.1, 0.15) is 5.69 Å². The van der Waals surface area contributed by atoms with Crippen molar-refractivity contribution in [3.63, 3.8) is 0 Å². The smallest absolute Gasteiger partial charge is 0.337 e. The number of pyridine rings is 1. The van der Waals surface area contributed by atoms with Gasteiger partial charge in [-0.05, 0) is 42.5 Å². The van der Waals surface area contributed by atoms with Crippen molar-refractivity contribution in [1.29, 1.82) is 0 Å². The lowest BCUT2D eigenvalue weighted by Gasteiger charge is -2.33. The summed E-state index contributed by atoms with van der Waals surface area (Å²) in [5, 5.41) is 0. The van der Waals surface area contributed by atoms with Crippen molar-refractivity contribution in [2.75, 3.05) is 13.1 Å². The van der Waals surface area contributed by atoms with Gasteiger partial charge in [-0.1, -0.05) is 18.2 Å². The number of carbonyl (C=O) groups is 1. The Bertz CT molecular complexity index is 854. The van der Waals surface area contributed by atoms with Crippen LogP contribution in [-0.2, 0) is 12.4 Å². The monoisotopic (exact) mass is 402 g/mol. The predicted molar refractivity (Wildman–Crippen MR) is 88.6 cm³/mol. The molecule has 3 nitrogen and oxygen atoms in total. The fourth-order valence-electron chi connectivity index (χ4n) is 3.39. The van der Waals surface area contributed by atoms with Crippen LogP contribution >= 0.6 is 0 Å². The Labute approximate surface area is 157 Å². The zero-order valence-corrected chi connectivity index (χ0v) is 14.5. The molecule has 0 spiro atoms. The molecule has 1 fully saturated rings. The molecule has 0 aliphatic carbocycles. The molecule has 1 saturated heterocycles. The number of aromatic nitrogens is 1. The first-order valence-electron chi connectivity index (χ1n) is 8.56. The summed E-state index contributed by atoms with van der Waals surface area (Å²) in [4.78, 5) is 17.5. The summed E-state index contributed by atoms with van der Waals surface area (Å²) in [7, 11) is 0. The molecule has 1 aromatic heterocycles. The molecule has 1 amide bonds. The molecule has 1 aliphatic rings. The number of carbonyl (C=O) groups excluding carboxylic acids is 1. The van der Waals surface area contributed by atoms with E-state index < -0.39 is 29.4 Å². The molecule has 3 rings (SSSR count). The number of piperidine rings is 1. The highest BCUT2D eigenvalue weighted by Crippen LogP contribution is 2.38. The third-order valence-corrected chi connectivity index (χ3v) is 4.79. The highest BCUT2D eigenvalue weighted by Gasteiger charge is 2.36. The van der Waals surface area contributed by atoms with Gasteiger partial charge in [0.25, 0.3) is 5.91 Å². The molecule has 0 bridgehead atoms. The van der Waals surface area contributed by atoms with Crippen LogP contribution in [0.5, 0.6) is 0 Å². The highest BCUT2D eigenvalue weighted by molar-refractivity contribution is 5.92. The molecule has 150 valence electrons. The molecule has 0 N–H and O–H groups in total. The van der Waals surface area contributed by atoms with Crippen LogP contribution in [0.3, 0.4) is 0 Å². The number of halogens is 6. The number of rotatable bonds is 2. The molecular weight excluding hydrogens is 386 g/mol. The number of likely N-dealkylation sites (tertiary alicyclic amines) is 1. The molecular formula is C19H16F6N2O. The van der Waals surface area contributed by atoms with E-state index in [1.165, 1.54) is 23.1 Å². The van der Waals surface area contributed by atoms with Crippen LogP contribution in [0.1, 0.15) is 45.9 Å². The second-order valence-electron chi connectivity index (χ2n) is 6.58. The van der Waals surface area contributed by atoms with Crippen molar-refractivity contribution in [3.8, 4) is 0 Å². The molecule has 1 aliphatic heterocycles. The molecule has 0 saturated carbocycles. The van der Waals surface area contributed by atoms with Crippen LogP contribution in [0.25, 0.3) is 0 Å². The first-order chi connectivity index (χ1) is 13.1. The zero-order chi connectivity index (χ0) is 20.5. The summed E-state index contributed by atoms with van der Waals surface area (Å²) < 4.78 is 78.0. The third-order valence-electron chi connectivity index (χ3n) is 4.79. The van der Waals surface area contributed by atoms with Crippen LogP contribution in [-0.4, -0.2) is 28.9 Å². The minimum absolute atomic E-state index is 0.146. The molecule has 28 heavy (non-hydrogen) atoms. The van der Waals surface area contributed by atoms with Crippen molar-refractivity contribution in [3.05, 3.63) is 65.0 Å². The number of nitrogens with zero attached hydrogens (tertiary/aromatic N) is 2. The van der Waals surface area contributed by atoms with E-state index in [2.05, 4.69) is 4.98 Å². The van der Waals surface area contributed by atoms with E-state index in [0.29, 0.717) is 6.07 Å². The number of amides is 1. The number of hydrogen-bond acceptors (Lipinski definition) is 2. The van der Waals surface area contributed by atoms with Crippen LogP contribution < -0.4 is 0 Å². The first-order valence-corrected chi connectivity index (χ1v) is 8.56. The Morgan fingerprint density at radius 2 is 1.61 bits per heavy atom. The van der Waals surface area contributed by atoms with Crippen LogP contribution in [0.15, 0.2) is 42.6 Å². The molecule has 0 atom stereocenters. The highest BCUT2D eigenvalue weighted by atomic mass is 19.4. The minimum atomic E-state index is -4.59. The van der Waals surface area contributed by atoms with E-state index in [1.54, 1.807) is 0 Å². The summed E-state index contributed by atoms with van der Waals surface area (Å²) in [6.07, 6.45) is -7.56. The van der Waals surface area contributed by atoms with Crippen molar-refractivity contribution >= 4 is 5.91 Å². The van der Waals surface area contributed by atoms with Gasteiger partial charge in [-0.25, -0.2) is 0 Å². The van der Waals surface area contributed by atoms with Crippen LogP contribution in [0.2, 0.25) is 0 Å². The lowest BCUT2D eigenvalue weighted by molar-refractivity contribution is -0.139. The second-order valence-corrected chi connectivity index (χ2v) is 6.58. The fraction of sp³-hybridized carbons (Fsp3) is 0.368. The Hall–Kier alpha value is -2.58. The average molecular weight is 402 g/mol. The largest absolute Gasteiger partial charge is 0.416 e. The fourth-order valence-corrected chi connectivity index (χ4v) is 3.39. The van der Waals surface area contributed by atoms with Crippen molar-refractivity contribution in [2.24, 2.45) is 0 Å². The number of hydrogen-bond donors (Lipinski definition) is 0. The van der Waals surface area contributed by atoms with Gasteiger partial charge in [0, 0.05) is 19.3 Å². The maximum absolute atomic E-state index is 13.2. The number of benzene rings is 1. The molecule has 1 aromatic carbocycles. The lowest BCUT2D eigenvalue weighted by atomic mass is 9.86. The quantitative estimate of drug-likeness (QED) is 0.652. The van der Waals surface area contributed by atoms with E-state index in [9.17, 15) is 31.1 Å². The summed E-state index contributed by atoms with van der Waals surface area (Å²) in [6, 6.07) is 6.78. The zero-order valence-electron chi connectivity index (χ0n) is 14.5. The van der Waals surface area contributed by atoms with Crippen molar-refractivity contribution in [2.45, 2.75) is 31.1 Å². The maximum atomic E-state index is 13.2. The normalized spacial score (nSPS) is 16.3. The minimum Gasteiger partial charge on any atom is -0.337 e. The van der Waals surface area contributed by atoms with E-state index >= 15 is 0 Å². The Morgan fingerprint density at radius 1 is 0.964 bits per heavy atom. The van der Waals surface area contributed by atoms with Gasteiger partial charge in [-0.2, -0.15) is 26.3 Å². The van der Waals surface area contributed by atoms with Gasteiger partial charge in [0.05, 0.1) is 11.1 Å². The molecule has 0 radical (unpaired) electrons. The Morgan fingerprint density at radius 3 is 2.21 bits per heavy atom. The van der Waals surface area contributed by atoms with E-state index in [1.807, 2.05) is 0 Å². The summed E-state index contributed by atoms with van der Waals surface area (Å²) in [5.74, 6) is -1.04. The predicted octanol–water partition coefficient (Wildman–Crippen LogP) is 5.14. The van der Waals surface area contributed by atoms with E-state index in [4.69, 9.17) is 0 Å². The van der Waals surface area contributed by atoms with E-state index in [-0.39, 0.29) is 43.1 Å². The summed E-state index contributed by atoms with van der Waals surface area (Å²) in [5.41, 5.74) is -1.82. The SMILES string of the molecule is O=C(c1cc(C(F)(F)F)ccn1)N1CCC(c2ccccc2C(F)(F)F)CC1. The van der Waals surface area contributed by atoms with Gasteiger partial charge in [-0.3, -0.25) is 9.78 Å². The first kappa shape index (κ1) is 20.2. The molecule has 0 unspecified atom stereocenters.